The number of nitrogens with zero attached hydrogens (tertiary/aromatic N) is 4. The second kappa shape index (κ2) is 5.61. The van der Waals surface area contributed by atoms with Gasteiger partial charge in [-0.15, -0.1) is 0 Å². The van der Waals surface area contributed by atoms with Gasteiger partial charge in [0, 0.05) is 24.4 Å². The van der Waals surface area contributed by atoms with Gasteiger partial charge in [-0.25, -0.2) is 9.97 Å². The number of hydrogen-bond acceptors (Lipinski definition) is 5. The van der Waals surface area contributed by atoms with E-state index in [1.165, 1.54) is 6.07 Å². The van der Waals surface area contributed by atoms with Gasteiger partial charge < -0.3 is 9.64 Å². The first kappa shape index (κ1) is 15.2. The van der Waals surface area contributed by atoms with Gasteiger partial charge in [-0.05, 0) is 25.0 Å². The number of ether oxygens (including phenoxy) is 1. The summed E-state index contributed by atoms with van der Waals surface area (Å²) < 4.78 is 43.6. The molecule has 2 fully saturated rings. The fourth-order valence-corrected chi connectivity index (χ4v) is 2.61. The molecule has 0 N–H and O–H groups in total. The van der Waals surface area contributed by atoms with Crippen LogP contribution in [0.25, 0.3) is 0 Å². The van der Waals surface area contributed by atoms with Crippen LogP contribution >= 0.6 is 0 Å². The summed E-state index contributed by atoms with van der Waals surface area (Å²) in [5.74, 6) is 2.39. The van der Waals surface area contributed by atoms with E-state index in [1.807, 2.05) is 11.0 Å². The zero-order valence-corrected chi connectivity index (χ0v) is 12.7. The molecule has 4 rings (SSSR count). The molecule has 3 heterocycles. The van der Waals surface area contributed by atoms with Crippen molar-refractivity contribution in [1.29, 1.82) is 0 Å². The number of hydrogen-bond donors (Lipinski definition) is 0. The highest BCUT2D eigenvalue weighted by molar-refractivity contribution is 5.42. The number of alkyl halides is 3. The van der Waals surface area contributed by atoms with Gasteiger partial charge in [-0.2, -0.15) is 13.2 Å². The number of anilines is 1. The Labute approximate surface area is 136 Å². The Kier molecular flexibility index (Phi) is 3.54. The minimum absolute atomic E-state index is 0.159. The summed E-state index contributed by atoms with van der Waals surface area (Å²) in [5, 5.41) is 0. The smallest absolute Gasteiger partial charge is 0.433 e. The minimum atomic E-state index is -4.47. The van der Waals surface area contributed by atoms with E-state index in [0.29, 0.717) is 19.0 Å². The molecule has 0 unspecified atom stereocenters. The molecule has 5 nitrogen and oxygen atoms in total. The Balaban J connectivity index is 1.37. The second-order valence-electron chi connectivity index (χ2n) is 6.07. The molecule has 1 saturated heterocycles. The van der Waals surface area contributed by atoms with E-state index < -0.39 is 11.9 Å². The van der Waals surface area contributed by atoms with Crippen molar-refractivity contribution in [1.82, 2.24) is 15.0 Å². The zero-order valence-electron chi connectivity index (χ0n) is 12.7. The summed E-state index contributed by atoms with van der Waals surface area (Å²) in [6, 6.07) is 4.21. The van der Waals surface area contributed by atoms with Crippen molar-refractivity contribution in [3.8, 4) is 5.75 Å². The summed E-state index contributed by atoms with van der Waals surface area (Å²) in [6.45, 7) is 1.18. The maximum Gasteiger partial charge on any atom is 0.433 e. The molecule has 0 aromatic carbocycles. The lowest BCUT2D eigenvalue weighted by Gasteiger charge is -2.39. The molecule has 1 aliphatic carbocycles. The molecular formula is C16H15F3N4O. The minimum Gasteiger partial charge on any atom is -0.487 e. The van der Waals surface area contributed by atoms with Crippen LogP contribution < -0.4 is 9.64 Å². The molecule has 1 aliphatic heterocycles. The van der Waals surface area contributed by atoms with Crippen LogP contribution in [0.2, 0.25) is 0 Å². The van der Waals surface area contributed by atoms with Crippen molar-refractivity contribution in [2.45, 2.75) is 31.0 Å². The van der Waals surface area contributed by atoms with Crippen LogP contribution in [-0.4, -0.2) is 34.1 Å². The quantitative estimate of drug-likeness (QED) is 0.859. The van der Waals surface area contributed by atoms with Crippen LogP contribution in [-0.2, 0) is 6.18 Å². The molecule has 126 valence electrons. The summed E-state index contributed by atoms with van der Waals surface area (Å²) in [4.78, 5) is 14.2. The first-order chi connectivity index (χ1) is 11.5. The molecule has 8 heteroatoms. The van der Waals surface area contributed by atoms with E-state index in [1.54, 1.807) is 6.20 Å². The predicted octanol–water partition coefficient (Wildman–Crippen LogP) is 3.04. The van der Waals surface area contributed by atoms with Gasteiger partial charge >= 0.3 is 6.18 Å². The van der Waals surface area contributed by atoms with E-state index >= 15 is 0 Å². The molecule has 0 bridgehead atoms. The Hall–Kier alpha value is -2.38. The van der Waals surface area contributed by atoms with Gasteiger partial charge in [0.05, 0.1) is 13.1 Å². The number of pyridine rings is 1. The van der Waals surface area contributed by atoms with Gasteiger partial charge in [-0.1, -0.05) is 0 Å². The number of halogens is 3. The monoisotopic (exact) mass is 336 g/mol. The Bertz CT molecular complexity index is 742. The summed E-state index contributed by atoms with van der Waals surface area (Å²) in [6.07, 6.45) is 0.513. The summed E-state index contributed by atoms with van der Waals surface area (Å²) in [5.41, 5.74) is -0.943. The van der Waals surface area contributed by atoms with E-state index in [-0.39, 0.29) is 11.9 Å². The zero-order chi connectivity index (χ0) is 16.7. The van der Waals surface area contributed by atoms with Crippen LogP contribution in [0.3, 0.4) is 0 Å². The summed E-state index contributed by atoms with van der Waals surface area (Å²) >= 11 is 0. The predicted molar refractivity (Wildman–Crippen MR) is 79.9 cm³/mol. The highest BCUT2D eigenvalue weighted by Gasteiger charge is 2.34. The molecule has 24 heavy (non-hydrogen) atoms. The molecule has 2 aromatic rings. The van der Waals surface area contributed by atoms with Crippen molar-refractivity contribution in [2.24, 2.45) is 0 Å². The van der Waals surface area contributed by atoms with Crippen molar-refractivity contribution in [3.63, 3.8) is 0 Å². The van der Waals surface area contributed by atoms with Crippen LogP contribution in [0.15, 0.2) is 30.6 Å². The average molecular weight is 336 g/mol. The lowest BCUT2D eigenvalue weighted by atomic mass is 10.1. The van der Waals surface area contributed by atoms with Crippen molar-refractivity contribution < 1.29 is 17.9 Å². The van der Waals surface area contributed by atoms with Gasteiger partial charge in [0.25, 0.3) is 0 Å². The Morgan fingerprint density at radius 3 is 2.54 bits per heavy atom. The highest BCUT2D eigenvalue weighted by atomic mass is 19.4. The maximum absolute atomic E-state index is 12.7. The van der Waals surface area contributed by atoms with Crippen LogP contribution in [0.4, 0.5) is 19.0 Å². The van der Waals surface area contributed by atoms with E-state index in [4.69, 9.17) is 4.74 Å². The van der Waals surface area contributed by atoms with Crippen LogP contribution in [0.1, 0.15) is 30.3 Å². The standard InChI is InChI=1S/C16H15F3N4O/c17-16(18,19)13-7-11(3-5-20-13)24-12-8-23(9-12)14-4-6-21-15(22-14)10-1-2-10/h3-7,10,12H,1-2,8-9H2. The van der Waals surface area contributed by atoms with Gasteiger partial charge in [0.1, 0.15) is 29.2 Å². The first-order valence-corrected chi connectivity index (χ1v) is 7.77. The van der Waals surface area contributed by atoms with Crippen LogP contribution in [0.5, 0.6) is 5.75 Å². The average Bonchev–Trinajstić information content (AvgIpc) is 3.35. The fourth-order valence-electron chi connectivity index (χ4n) is 2.61. The largest absolute Gasteiger partial charge is 0.487 e. The normalized spacial score (nSPS) is 18.4. The molecule has 0 radical (unpaired) electrons. The van der Waals surface area contributed by atoms with E-state index in [2.05, 4.69) is 15.0 Å². The van der Waals surface area contributed by atoms with E-state index in [9.17, 15) is 13.2 Å². The third-order valence-corrected chi connectivity index (χ3v) is 4.10. The van der Waals surface area contributed by atoms with Gasteiger partial charge in [0.2, 0.25) is 0 Å². The van der Waals surface area contributed by atoms with Crippen molar-refractivity contribution >= 4 is 5.82 Å². The molecule has 2 aromatic heterocycles. The number of aromatic nitrogens is 3. The maximum atomic E-state index is 12.7. The lowest BCUT2D eigenvalue weighted by Crippen LogP contribution is -2.54. The molecule has 0 spiro atoms. The molecule has 0 amide bonds. The molecule has 1 saturated carbocycles. The van der Waals surface area contributed by atoms with E-state index in [0.717, 1.165) is 36.7 Å². The van der Waals surface area contributed by atoms with Gasteiger partial charge in [0.15, 0.2) is 0 Å². The highest BCUT2D eigenvalue weighted by Crippen LogP contribution is 2.38. The summed E-state index contributed by atoms with van der Waals surface area (Å²) in [7, 11) is 0. The lowest BCUT2D eigenvalue weighted by molar-refractivity contribution is -0.141. The third kappa shape index (κ3) is 3.13. The molecular weight excluding hydrogens is 321 g/mol. The second-order valence-corrected chi connectivity index (χ2v) is 6.07. The van der Waals surface area contributed by atoms with Gasteiger partial charge in [-0.3, -0.25) is 4.98 Å². The topological polar surface area (TPSA) is 51.1 Å². The third-order valence-electron chi connectivity index (χ3n) is 4.10. The number of rotatable bonds is 4. The Morgan fingerprint density at radius 1 is 1.08 bits per heavy atom. The molecule has 0 atom stereocenters. The fraction of sp³-hybridized carbons (Fsp3) is 0.438. The Morgan fingerprint density at radius 2 is 1.83 bits per heavy atom. The van der Waals surface area contributed by atoms with Crippen molar-refractivity contribution in [3.05, 3.63) is 42.1 Å². The molecule has 2 aliphatic rings. The van der Waals surface area contributed by atoms with Crippen molar-refractivity contribution in [2.75, 3.05) is 18.0 Å². The first-order valence-electron chi connectivity index (χ1n) is 7.77. The van der Waals surface area contributed by atoms with Crippen LogP contribution in [0, 0.1) is 0 Å². The SMILES string of the molecule is FC(F)(F)c1cc(OC2CN(c3ccnc(C4CC4)n3)C2)ccn1.